The SMILES string of the molecule is Cc1cccc(CSc2ncnc(NN)c2Br)c1. The van der Waals surface area contributed by atoms with Crippen molar-refractivity contribution in [2.24, 2.45) is 5.84 Å². The van der Waals surface area contributed by atoms with Gasteiger partial charge in [-0.2, -0.15) is 0 Å². The summed E-state index contributed by atoms with van der Waals surface area (Å²) in [5.74, 6) is 6.82. The van der Waals surface area contributed by atoms with E-state index in [1.807, 2.05) is 0 Å². The quantitative estimate of drug-likeness (QED) is 0.391. The van der Waals surface area contributed by atoms with Crippen LogP contribution in [0.5, 0.6) is 0 Å². The summed E-state index contributed by atoms with van der Waals surface area (Å²) in [4.78, 5) is 8.25. The predicted molar refractivity (Wildman–Crippen MR) is 78.3 cm³/mol. The highest BCUT2D eigenvalue weighted by Crippen LogP contribution is 2.31. The van der Waals surface area contributed by atoms with Gasteiger partial charge in [0, 0.05) is 5.75 Å². The highest BCUT2D eigenvalue weighted by molar-refractivity contribution is 9.10. The molecule has 2 rings (SSSR count). The normalized spacial score (nSPS) is 10.4. The molecule has 3 N–H and O–H groups in total. The summed E-state index contributed by atoms with van der Waals surface area (Å²) in [6, 6.07) is 8.43. The third-order valence-electron chi connectivity index (χ3n) is 2.35. The van der Waals surface area contributed by atoms with E-state index in [0.29, 0.717) is 5.82 Å². The number of aryl methyl sites for hydroxylation is 1. The lowest BCUT2D eigenvalue weighted by atomic mass is 10.2. The van der Waals surface area contributed by atoms with Crippen molar-refractivity contribution in [3.05, 3.63) is 46.2 Å². The molecule has 94 valence electrons. The number of hydrogen-bond donors (Lipinski definition) is 2. The molecule has 18 heavy (non-hydrogen) atoms. The molecule has 0 amide bonds. The lowest BCUT2D eigenvalue weighted by molar-refractivity contribution is 1.02. The van der Waals surface area contributed by atoms with Crippen LogP contribution in [0.15, 0.2) is 40.1 Å². The number of halogens is 1. The van der Waals surface area contributed by atoms with Crippen molar-refractivity contribution in [2.45, 2.75) is 17.7 Å². The molecule has 1 heterocycles. The van der Waals surface area contributed by atoms with Gasteiger partial charge < -0.3 is 5.43 Å². The summed E-state index contributed by atoms with van der Waals surface area (Å²) in [6.45, 7) is 2.09. The zero-order valence-electron chi connectivity index (χ0n) is 9.85. The van der Waals surface area contributed by atoms with Crippen LogP contribution in [0.1, 0.15) is 11.1 Å². The molecule has 0 unspecified atom stereocenters. The number of anilines is 1. The second kappa shape index (κ2) is 6.17. The van der Waals surface area contributed by atoms with E-state index in [2.05, 4.69) is 62.5 Å². The van der Waals surface area contributed by atoms with Crippen molar-refractivity contribution in [1.82, 2.24) is 9.97 Å². The zero-order valence-corrected chi connectivity index (χ0v) is 12.3. The van der Waals surface area contributed by atoms with Gasteiger partial charge in [-0.05, 0) is 28.4 Å². The number of hydrazine groups is 1. The molecule has 2 aromatic rings. The number of aromatic nitrogens is 2. The molecule has 0 aliphatic heterocycles. The Morgan fingerprint density at radius 1 is 1.39 bits per heavy atom. The highest BCUT2D eigenvalue weighted by Gasteiger charge is 2.08. The fraction of sp³-hybridized carbons (Fsp3) is 0.167. The van der Waals surface area contributed by atoms with E-state index in [4.69, 9.17) is 5.84 Å². The van der Waals surface area contributed by atoms with Crippen molar-refractivity contribution in [3.63, 3.8) is 0 Å². The Bertz CT molecular complexity index is 547. The molecule has 0 aliphatic carbocycles. The average Bonchev–Trinajstić information content (AvgIpc) is 2.38. The first kappa shape index (κ1) is 13.3. The molecule has 0 saturated carbocycles. The zero-order chi connectivity index (χ0) is 13.0. The van der Waals surface area contributed by atoms with Gasteiger partial charge in [0.05, 0.1) is 4.47 Å². The molecule has 0 bridgehead atoms. The first-order chi connectivity index (χ1) is 8.70. The summed E-state index contributed by atoms with van der Waals surface area (Å²) in [5, 5.41) is 0.874. The van der Waals surface area contributed by atoms with Crippen LogP contribution in [-0.4, -0.2) is 9.97 Å². The monoisotopic (exact) mass is 324 g/mol. The molecule has 0 radical (unpaired) electrons. The van der Waals surface area contributed by atoms with Gasteiger partial charge in [0.15, 0.2) is 5.82 Å². The van der Waals surface area contributed by atoms with Gasteiger partial charge in [-0.15, -0.1) is 11.8 Å². The van der Waals surface area contributed by atoms with E-state index in [9.17, 15) is 0 Å². The van der Waals surface area contributed by atoms with E-state index >= 15 is 0 Å². The summed E-state index contributed by atoms with van der Waals surface area (Å²) in [6.07, 6.45) is 1.50. The number of rotatable bonds is 4. The second-order valence-electron chi connectivity index (χ2n) is 3.76. The Kier molecular flexibility index (Phi) is 4.57. The lowest BCUT2D eigenvalue weighted by Crippen LogP contribution is -2.09. The number of benzene rings is 1. The van der Waals surface area contributed by atoms with E-state index in [1.54, 1.807) is 11.8 Å². The Hall–Kier alpha value is -1.11. The van der Waals surface area contributed by atoms with E-state index in [1.165, 1.54) is 17.5 Å². The molecule has 0 fully saturated rings. The molecule has 6 heteroatoms. The topological polar surface area (TPSA) is 63.8 Å². The summed E-state index contributed by atoms with van der Waals surface area (Å²) in [5.41, 5.74) is 5.07. The van der Waals surface area contributed by atoms with E-state index < -0.39 is 0 Å². The van der Waals surface area contributed by atoms with Gasteiger partial charge in [-0.25, -0.2) is 15.8 Å². The maximum absolute atomic E-state index is 5.37. The Morgan fingerprint density at radius 3 is 2.94 bits per heavy atom. The molecule has 0 spiro atoms. The van der Waals surface area contributed by atoms with Gasteiger partial charge >= 0.3 is 0 Å². The van der Waals surface area contributed by atoms with E-state index in [-0.39, 0.29) is 0 Å². The Morgan fingerprint density at radius 2 is 2.22 bits per heavy atom. The minimum absolute atomic E-state index is 0.594. The van der Waals surface area contributed by atoms with Crippen LogP contribution in [0, 0.1) is 6.92 Å². The van der Waals surface area contributed by atoms with Gasteiger partial charge in [-0.3, -0.25) is 0 Å². The van der Waals surface area contributed by atoms with Crippen LogP contribution < -0.4 is 11.3 Å². The van der Waals surface area contributed by atoms with Crippen molar-refractivity contribution in [1.29, 1.82) is 0 Å². The van der Waals surface area contributed by atoms with Crippen molar-refractivity contribution in [3.8, 4) is 0 Å². The van der Waals surface area contributed by atoms with Crippen LogP contribution in [0.25, 0.3) is 0 Å². The predicted octanol–water partition coefficient (Wildman–Crippen LogP) is 3.13. The van der Waals surface area contributed by atoms with Gasteiger partial charge in [0.25, 0.3) is 0 Å². The summed E-state index contributed by atoms with van der Waals surface area (Å²) >= 11 is 5.09. The minimum Gasteiger partial charge on any atom is -0.307 e. The molecule has 4 nitrogen and oxygen atoms in total. The van der Waals surface area contributed by atoms with E-state index in [0.717, 1.165) is 15.3 Å². The molecule has 1 aromatic carbocycles. The van der Waals surface area contributed by atoms with Crippen molar-refractivity contribution in [2.75, 3.05) is 5.43 Å². The van der Waals surface area contributed by atoms with Crippen molar-refractivity contribution >= 4 is 33.5 Å². The number of nitrogens with one attached hydrogen (secondary N) is 1. The number of nitrogen functional groups attached to an aromatic ring is 1. The number of hydrogen-bond acceptors (Lipinski definition) is 5. The van der Waals surface area contributed by atoms with Crippen LogP contribution in [-0.2, 0) is 5.75 Å². The molecule has 0 aliphatic rings. The van der Waals surface area contributed by atoms with Crippen LogP contribution in [0.3, 0.4) is 0 Å². The van der Waals surface area contributed by atoms with Gasteiger partial charge in [0.1, 0.15) is 11.4 Å². The van der Waals surface area contributed by atoms with Crippen molar-refractivity contribution < 1.29 is 0 Å². The fourth-order valence-corrected chi connectivity index (χ4v) is 3.00. The second-order valence-corrected chi connectivity index (χ2v) is 5.52. The highest BCUT2D eigenvalue weighted by atomic mass is 79.9. The molecular formula is C12H13BrN4S. The summed E-state index contributed by atoms with van der Waals surface area (Å²) in [7, 11) is 0. The first-order valence-corrected chi connectivity index (χ1v) is 7.14. The third-order valence-corrected chi connectivity index (χ3v) is 4.43. The third kappa shape index (κ3) is 3.22. The minimum atomic E-state index is 0.594. The smallest absolute Gasteiger partial charge is 0.158 e. The lowest BCUT2D eigenvalue weighted by Gasteiger charge is -2.07. The van der Waals surface area contributed by atoms with Gasteiger partial charge in [-0.1, -0.05) is 29.8 Å². The largest absolute Gasteiger partial charge is 0.307 e. The Labute approximate surface area is 119 Å². The van der Waals surface area contributed by atoms with Crippen LogP contribution in [0.2, 0.25) is 0 Å². The fourth-order valence-electron chi connectivity index (χ4n) is 1.51. The number of thioether (sulfide) groups is 1. The molecule has 1 aromatic heterocycles. The maximum atomic E-state index is 5.37. The molecular weight excluding hydrogens is 312 g/mol. The van der Waals surface area contributed by atoms with Crippen LogP contribution in [0.4, 0.5) is 5.82 Å². The summed E-state index contributed by atoms with van der Waals surface area (Å²) < 4.78 is 0.796. The standard InChI is InChI=1S/C12H13BrN4S/c1-8-3-2-4-9(5-8)6-18-12-10(13)11(17-14)15-7-16-12/h2-5,7H,6,14H2,1H3,(H,15,16,17). The average molecular weight is 325 g/mol. The van der Waals surface area contributed by atoms with Crippen LogP contribution >= 0.6 is 27.7 Å². The molecule has 0 atom stereocenters. The number of nitrogens with zero attached hydrogens (tertiary/aromatic N) is 2. The number of nitrogens with two attached hydrogens (primary N) is 1. The van der Waals surface area contributed by atoms with Gasteiger partial charge in [0.2, 0.25) is 0 Å². The maximum Gasteiger partial charge on any atom is 0.158 e. The Balaban J connectivity index is 2.11. The molecule has 0 saturated heterocycles. The first-order valence-electron chi connectivity index (χ1n) is 5.36.